The highest BCUT2D eigenvalue weighted by Gasteiger charge is 2.46. The van der Waals surface area contributed by atoms with Crippen LogP contribution in [0.5, 0.6) is 0 Å². The van der Waals surface area contributed by atoms with E-state index in [1.807, 2.05) is 12.4 Å². The van der Waals surface area contributed by atoms with E-state index in [2.05, 4.69) is 51.9 Å². The maximum atomic E-state index is 11.4. The summed E-state index contributed by atoms with van der Waals surface area (Å²) < 4.78 is 116. The molecule has 0 unspecified atom stereocenters. The molecule has 0 aliphatic heterocycles. The molecule has 9 nitrogen and oxygen atoms in total. The Bertz CT molecular complexity index is 1020. The third-order valence-electron chi connectivity index (χ3n) is 3.69. The van der Waals surface area contributed by atoms with Crippen molar-refractivity contribution in [2.45, 2.75) is 51.4 Å². The van der Waals surface area contributed by atoms with Crippen LogP contribution in [0.3, 0.4) is 0 Å². The maximum Gasteiger partial charge on any atom is 0.480 e. The quantitative estimate of drug-likeness (QED) is 0.449. The molecule has 0 radical (unpaired) electrons. The van der Waals surface area contributed by atoms with E-state index in [0.717, 1.165) is 29.6 Å². The van der Waals surface area contributed by atoms with Crippen LogP contribution < -0.4 is 4.57 Å². The van der Waals surface area contributed by atoms with E-state index in [1.54, 1.807) is 0 Å². The van der Waals surface area contributed by atoms with Crippen LogP contribution in [0.4, 0.5) is 26.3 Å². The zero-order chi connectivity index (χ0) is 24.3. The number of alkyl halides is 6. The summed E-state index contributed by atoms with van der Waals surface area (Å²) in [5.41, 5.74) is -12.4. The summed E-state index contributed by atoms with van der Waals surface area (Å²) in [5, 5.41) is 0. The predicted molar refractivity (Wildman–Crippen MR) is 96.2 cm³/mol. The Morgan fingerprint density at radius 3 is 1.77 bits per heavy atom. The van der Waals surface area contributed by atoms with Crippen molar-refractivity contribution >= 4 is 20.0 Å². The van der Waals surface area contributed by atoms with Crippen molar-refractivity contribution in [1.82, 2.24) is 14.1 Å². The van der Waals surface area contributed by atoms with Crippen LogP contribution in [0.25, 0.3) is 15.8 Å². The van der Waals surface area contributed by atoms with Crippen molar-refractivity contribution in [3.8, 4) is 11.6 Å². The largest absolute Gasteiger partial charge is 0.480 e. The van der Waals surface area contributed by atoms with E-state index >= 15 is 0 Å². The van der Waals surface area contributed by atoms with Crippen LogP contribution in [-0.4, -0.2) is 42.0 Å². The first-order valence-electron chi connectivity index (χ1n) is 8.49. The number of imidazole rings is 2. The van der Waals surface area contributed by atoms with Gasteiger partial charge < -0.3 is 8.69 Å². The first-order chi connectivity index (χ1) is 14.0. The summed E-state index contributed by atoms with van der Waals surface area (Å²) >= 11 is 0. The standard InChI is InChI=1S/C12H19N4.C2F6NO4S2/c1-4-14-8-7-13-11(14)12-15(5-2)9-10-16(12)6-3;3-1(4,5)14(10,11)9-15(12,13)2(6,7)8/h7-10H,4-6H2,1-3H3;/q+1;-1. The van der Waals surface area contributed by atoms with Gasteiger partial charge >= 0.3 is 16.8 Å². The second-order valence-corrected chi connectivity index (χ2v) is 9.07. The van der Waals surface area contributed by atoms with Gasteiger partial charge in [0.2, 0.25) is 5.82 Å². The summed E-state index contributed by atoms with van der Waals surface area (Å²) in [5.74, 6) is 2.24. The van der Waals surface area contributed by atoms with Gasteiger partial charge in [-0.15, -0.1) is 0 Å². The van der Waals surface area contributed by atoms with Crippen molar-refractivity contribution in [2.24, 2.45) is 0 Å². The molecule has 0 bridgehead atoms. The Balaban J connectivity index is 0.000000311. The second-order valence-electron chi connectivity index (χ2n) is 5.65. The van der Waals surface area contributed by atoms with Crippen LogP contribution in [0.1, 0.15) is 20.8 Å². The van der Waals surface area contributed by atoms with Crippen molar-refractivity contribution in [2.75, 3.05) is 0 Å². The second kappa shape index (κ2) is 9.56. The number of aryl methyl sites for hydroxylation is 3. The van der Waals surface area contributed by atoms with Gasteiger partial charge in [-0.3, -0.25) is 0 Å². The van der Waals surface area contributed by atoms with Gasteiger partial charge in [-0.1, -0.05) is 0 Å². The average Bonchev–Trinajstić information content (AvgIpc) is 3.24. The van der Waals surface area contributed by atoms with Gasteiger partial charge in [0, 0.05) is 18.9 Å². The van der Waals surface area contributed by atoms with Crippen LogP contribution >= 0.6 is 0 Å². The lowest BCUT2D eigenvalue weighted by atomic mass is 10.5. The molecule has 2 rings (SSSR count). The summed E-state index contributed by atoms with van der Waals surface area (Å²) in [4.78, 5) is 4.47. The highest BCUT2D eigenvalue weighted by Crippen LogP contribution is 2.36. The normalized spacial score (nSPS) is 13.1. The molecule has 17 heteroatoms. The van der Waals surface area contributed by atoms with Gasteiger partial charge in [-0.05, 0) is 20.8 Å². The Morgan fingerprint density at radius 2 is 1.39 bits per heavy atom. The van der Waals surface area contributed by atoms with Crippen molar-refractivity contribution in [1.29, 1.82) is 0 Å². The highest BCUT2D eigenvalue weighted by atomic mass is 32.3. The Kier molecular flexibility index (Phi) is 8.29. The summed E-state index contributed by atoms with van der Waals surface area (Å²) in [6, 6.07) is 0. The molecule has 178 valence electrons. The molecule has 0 atom stereocenters. The fourth-order valence-electron chi connectivity index (χ4n) is 2.22. The zero-order valence-electron chi connectivity index (χ0n) is 16.4. The molecule has 2 heterocycles. The van der Waals surface area contributed by atoms with Crippen LogP contribution in [0.2, 0.25) is 0 Å². The Morgan fingerprint density at radius 1 is 0.903 bits per heavy atom. The van der Waals surface area contributed by atoms with E-state index in [0.29, 0.717) is 0 Å². The lowest BCUT2D eigenvalue weighted by molar-refractivity contribution is -0.682. The molecule has 0 saturated carbocycles. The smallest absolute Gasteiger partial charge is 0.421 e. The zero-order valence-corrected chi connectivity index (χ0v) is 18.0. The number of halogens is 6. The Hall–Kier alpha value is -2.14. The topological polar surface area (TPSA) is 109 Å². The number of aromatic nitrogens is 4. The highest BCUT2D eigenvalue weighted by molar-refractivity contribution is 8.13. The number of rotatable bonds is 6. The predicted octanol–water partition coefficient (Wildman–Crippen LogP) is 2.76. The number of nitrogens with zero attached hydrogens (tertiary/aromatic N) is 5. The Labute approximate surface area is 174 Å². The fraction of sp³-hybridized carbons (Fsp3) is 0.571. The fourth-order valence-corrected chi connectivity index (χ4v) is 3.93. The third-order valence-corrected chi connectivity index (χ3v) is 6.43. The lowest BCUT2D eigenvalue weighted by Gasteiger charge is -2.22. The van der Waals surface area contributed by atoms with Crippen molar-refractivity contribution in [3.63, 3.8) is 0 Å². The SMILES string of the molecule is CCn1ccnc1-c1n(CC)cc[n+]1CC.O=S(=O)([N-]S(=O)(=O)C(F)(F)F)C(F)(F)F. The van der Waals surface area contributed by atoms with E-state index in [4.69, 9.17) is 0 Å². The molecule has 0 aliphatic rings. The molecule has 0 aromatic carbocycles. The van der Waals surface area contributed by atoms with Crippen molar-refractivity contribution < 1.29 is 47.7 Å². The molecule has 0 spiro atoms. The monoisotopic (exact) mass is 499 g/mol. The number of hydrogen-bond acceptors (Lipinski definition) is 5. The van der Waals surface area contributed by atoms with Gasteiger partial charge in [-0.2, -0.15) is 26.3 Å². The van der Waals surface area contributed by atoms with E-state index < -0.39 is 31.1 Å². The van der Waals surface area contributed by atoms with Crippen LogP contribution in [0, 0.1) is 0 Å². The first-order valence-corrected chi connectivity index (χ1v) is 11.4. The van der Waals surface area contributed by atoms with Gasteiger partial charge in [0.05, 0.1) is 13.1 Å². The molecule has 2 aromatic heterocycles. The molecule has 0 saturated heterocycles. The molecule has 2 aromatic rings. The molecular formula is C14H19F6N5O4S2. The average molecular weight is 499 g/mol. The lowest BCUT2D eigenvalue weighted by Crippen LogP contribution is -2.34. The molecular weight excluding hydrogens is 480 g/mol. The van der Waals surface area contributed by atoms with Gasteiger partial charge in [-0.25, -0.2) is 31.0 Å². The summed E-state index contributed by atoms with van der Waals surface area (Å²) in [6.45, 7) is 9.35. The van der Waals surface area contributed by atoms with E-state index in [1.165, 1.54) is 5.82 Å². The van der Waals surface area contributed by atoms with Crippen LogP contribution in [0.15, 0.2) is 24.8 Å². The van der Waals surface area contributed by atoms with Crippen LogP contribution in [-0.2, 0) is 39.7 Å². The molecule has 0 amide bonds. The van der Waals surface area contributed by atoms with Gasteiger partial charge in [0.25, 0.3) is 0 Å². The molecule has 31 heavy (non-hydrogen) atoms. The number of sulfonamides is 2. The summed E-state index contributed by atoms with van der Waals surface area (Å²) in [6.07, 6.45) is 8.13. The minimum absolute atomic E-state index is 0.778. The van der Waals surface area contributed by atoms with E-state index in [9.17, 15) is 43.2 Å². The van der Waals surface area contributed by atoms with Crippen molar-refractivity contribution in [3.05, 3.63) is 28.9 Å². The summed E-state index contributed by atoms with van der Waals surface area (Å²) in [7, 11) is -13.4. The maximum absolute atomic E-state index is 11.4. The molecule has 0 N–H and O–H groups in total. The molecule has 0 aliphatic carbocycles. The van der Waals surface area contributed by atoms with Gasteiger partial charge in [0.1, 0.15) is 12.4 Å². The van der Waals surface area contributed by atoms with Gasteiger partial charge in [0.15, 0.2) is 20.0 Å². The molecule has 0 fully saturated rings. The minimum Gasteiger partial charge on any atom is -0.421 e. The third kappa shape index (κ3) is 6.19. The van der Waals surface area contributed by atoms with E-state index in [-0.39, 0.29) is 0 Å². The minimum atomic E-state index is -6.72. The number of hydrogen-bond donors (Lipinski definition) is 0. The first kappa shape index (κ1) is 26.9.